The first-order valence-electron chi connectivity index (χ1n) is 0.333. The number of rotatable bonds is 0. The van der Waals surface area contributed by atoms with Gasteiger partial charge in [0.05, 0.1) is 0 Å². The Hall–Kier alpha value is 1.17. The average molecular weight is 109 g/mol. The summed E-state index contributed by atoms with van der Waals surface area (Å²) in [6, 6.07) is 0. The molecule has 0 saturated heterocycles. The topological polar surface area (TPSA) is 83.5 Å². The molecule has 5 heavy (non-hydrogen) atoms. The summed E-state index contributed by atoms with van der Waals surface area (Å²) in [6.45, 7) is 0. The first kappa shape index (κ1) is 35.0. The zero-order valence-electron chi connectivity index (χ0n) is 3.03. The van der Waals surface area contributed by atoms with Crippen LogP contribution in [0, 0.1) is 0 Å². The molecule has 0 aromatic rings. The summed E-state index contributed by atoms with van der Waals surface area (Å²) in [5.74, 6) is 8.00. The first-order chi connectivity index (χ1) is 1.00. The SMILES string of the molecule is NN.O.[Cl-].[Na+]. The zero-order chi connectivity index (χ0) is 2.00. The smallest absolute Gasteiger partial charge is 1.00 e. The fourth-order valence-corrected chi connectivity index (χ4v) is 0. The van der Waals surface area contributed by atoms with Crippen molar-refractivity contribution in [3.8, 4) is 0 Å². The second-order valence-corrected chi connectivity index (χ2v) is 0. The van der Waals surface area contributed by atoms with Crippen molar-refractivity contribution in [2.75, 3.05) is 0 Å². The number of hydrazine groups is 1. The predicted molar refractivity (Wildman–Crippen MR) is 12.0 cm³/mol. The normalized spacial score (nSPS) is 1.20. The number of nitrogens with two attached hydrogens (primary N) is 2. The van der Waals surface area contributed by atoms with Gasteiger partial charge in [-0.25, -0.2) is 0 Å². The minimum Gasteiger partial charge on any atom is -1.00 e. The van der Waals surface area contributed by atoms with E-state index in [0.717, 1.165) is 0 Å². The number of hydrogen-bond acceptors (Lipinski definition) is 2. The molecule has 30 valence electrons. The quantitative estimate of drug-likeness (QED) is 0.184. The predicted octanol–water partition coefficient (Wildman–Crippen LogP) is -8.00. The van der Waals surface area contributed by atoms with Gasteiger partial charge < -0.3 is 17.9 Å². The number of hydrogen-bond donors (Lipinski definition) is 2. The Balaban J connectivity index is -0.00000000167. The van der Waals surface area contributed by atoms with E-state index in [1.165, 1.54) is 0 Å². The van der Waals surface area contributed by atoms with E-state index in [1.807, 2.05) is 0 Å². The Morgan fingerprint density at radius 2 is 1.00 bits per heavy atom. The summed E-state index contributed by atoms with van der Waals surface area (Å²) in [6.07, 6.45) is 0. The van der Waals surface area contributed by atoms with Crippen LogP contribution in [0.15, 0.2) is 0 Å². The maximum Gasteiger partial charge on any atom is 1.00 e. The molecule has 0 saturated carbocycles. The van der Waals surface area contributed by atoms with E-state index >= 15 is 0 Å². The van der Waals surface area contributed by atoms with E-state index in [-0.39, 0.29) is 47.4 Å². The maximum absolute atomic E-state index is 4.00. The van der Waals surface area contributed by atoms with Crippen molar-refractivity contribution in [1.82, 2.24) is 0 Å². The monoisotopic (exact) mass is 108 g/mol. The summed E-state index contributed by atoms with van der Waals surface area (Å²) in [5, 5.41) is 0. The van der Waals surface area contributed by atoms with Crippen LogP contribution in [0.4, 0.5) is 0 Å². The molecule has 0 fully saturated rings. The molecule has 0 rings (SSSR count). The van der Waals surface area contributed by atoms with E-state index in [9.17, 15) is 0 Å². The van der Waals surface area contributed by atoms with Crippen molar-refractivity contribution in [2.24, 2.45) is 11.7 Å². The largest absolute Gasteiger partial charge is 1.00 e. The molecular weight excluding hydrogens is 102 g/mol. The second-order valence-electron chi connectivity index (χ2n) is 0. The molecule has 0 spiro atoms. The minimum atomic E-state index is 0. The molecule has 3 nitrogen and oxygen atoms in total. The van der Waals surface area contributed by atoms with Crippen molar-refractivity contribution in [1.29, 1.82) is 0 Å². The van der Waals surface area contributed by atoms with Gasteiger partial charge in [-0.2, -0.15) is 0 Å². The Bertz CT molecular complexity index is 9.61. The maximum atomic E-state index is 4.00. The molecule has 0 aliphatic rings. The van der Waals surface area contributed by atoms with Gasteiger partial charge in [-0.1, -0.05) is 0 Å². The van der Waals surface area contributed by atoms with Gasteiger partial charge in [-0.15, -0.1) is 0 Å². The summed E-state index contributed by atoms with van der Waals surface area (Å²) in [5.41, 5.74) is 0. The first-order valence-corrected chi connectivity index (χ1v) is 0.333. The van der Waals surface area contributed by atoms with Gasteiger partial charge in [0.25, 0.3) is 0 Å². The van der Waals surface area contributed by atoms with Crippen molar-refractivity contribution < 1.29 is 47.4 Å². The Kier molecular flexibility index (Phi) is 460. The van der Waals surface area contributed by atoms with E-state index in [4.69, 9.17) is 0 Å². The Morgan fingerprint density at radius 1 is 1.00 bits per heavy atom. The molecule has 0 aromatic carbocycles. The molecule has 0 atom stereocenters. The van der Waals surface area contributed by atoms with Crippen molar-refractivity contribution in [3.63, 3.8) is 0 Å². The molecule has 6 N–H and O–H groups in total. The van der Waals surface area contributed by atoms with E-state index in [0.29, 0.717) is 0 Å². The molecule has 0 radical (unpaired) electrons. The van der Waals surface area contributed by atoms with Gasteiger partial charge in [-0.05, 0) is 0 Å². The van der Waals surface area contributed by atoms with Crippen LogP contribution in [0.2, 0.25) is 0 Å². The number of halogens is 1. The van der Waals surface area contributed by atoms with Crippen LogP contribution in [-0.2, 0) is 0 Å². The average Bonchev–Trinajstić information content (AvgIpc) is 1.00. The fourth-order valence-electron chi connectivity index (χ4n) is 0. The summed E-state index contributed by atoms with van der Waals surface area (Å²) in [4.78, 5) is 0. The third kappa shape index (κ3) is 38.0. The van der Waals surface area contributed by atoms with Crippen molar-refractivity contribution in [3.05, 3.63) is 0 Å². The van der Waals surface area contributed by atoms with E-state index < -0.39 is 0 Å². The van der Waals surface area contributed by atoms with Crippen LogP contribution in [-0.4, -0.2) is 5.48 Å². The third-order valence-electron chi connectivity index (χ3n) is 0. The standard InChI is InChI=1S/ClH.H4N2.Na.H2O/c;1-2;;/h1H;1-2H2;;1H2/q;;+1;/p-1. The van der Waals surface area contributed by atoms with Crippen LogP contribution in [0.5, 0.6) is 0 Å². The molecule has 0 amide bonds. The van der Waals surface area contributed by atoms with Crippen LogP contribution in [0.1, 0.15) is 0 Å². The molecule has 0 heterocycles. The molecular formula is H6ClN2NaO. The van der Waals surface area contributed by atoms with Crippen LogP contribution >= 0.6 is 0 Å². The van der Waals surface area contributed by atoms with Gasteiger partial charge in [-0.3, -0.25) is 11.7 Å². The zero-order valence-corrected chi connectivity index (χ0v) is 5.79. The van der Waals surface area contributed by atoms with Crippen LogP contribution in [0.25, 0.3) is 0 Å². The molecule has 0 aromatic heterocycles. The van der Waals surface area contributed by atoms with Gasteiger partial charge in [0.15, 0.2) is 0 Å². The molecule has 0 aliphatic carbocycles. The molecule has 0 unspecified atom stereocenters. The summed E-state index contributed by atoms with van der Waals surface area (Å²) < 4.78 is 0. The van der Waals surface area contributed by atoms with E-state index in [2.05, 4.69) is 11.7 Å². The van der Waals surface area contributed by atoms with Gasteiger partial charge in [0.2, 0.25) is 0 Å². The Morgan fingerprint density at radius 3 is 1.00 bits per heavy atom. The van der Waals surface area contributed by atoms with Crippen molar-refractivity contribution >= 4 is 0 Å². The molecule has 5 heteroatoms. The third-order valence-corrected chi connectivity index (χ3v) is 0. The molecule has 0 bridgehead atoms. The van der Waals surface area contributed by atoms with Gasteiger partial charge >= 0.3 is 29.6 Å². The molecule has 0 aliphatic heterocycles. The Labute approximate surface area is 59.1 Å². The van der Waals surface area contributed by atoms with Gasteiger partial charge in [0.1, 0.15) is 0 Å². The van der Waals surface area contributed by atoms with Crippen LogP contribution in [0.3, 0.4) is 0 Å². The van der Waals surface area contributed by atoms with Crippen molar-refractivity contribution in [2.45, 2.75) is 0 Å². The van der Waals surface area contributed by atoms with Gasteiger partial charge in [0, 0.05) is 0 Å². The minimum absolute atomic E-state index is 0. The fraction of sp³-hybridized carbons (Fsp3) is 0. The van der Waals surface area contributed by atoms with E-state index in [1.54, 1.807) is 0 Å². The second kappa shape index (κ2) is 65.7. The van der Waals surface area contributed by atoms with Crippen LogP contribution < -0.4 is 53.6 Å². The summed E-state index contributed by atoms with van der Waals surface area (Å²) >= 11 is 0. The summed E-state index contributed by atoms with van der Waals surface area (Å²) in [7, 11) is 0.